The number of carbonyl (C=O) groups is 1. The molecule has 31 heavy (non-hydrogen) atoms. The second kappa shape index (κ2) is 10.2. The Bertz CT molecular complexity index is 1030. The van der Waals surface area contributed by atoms with Crippen LogP contribution in [0.3, 0.4) is 0 Å². The molecule has 0 radical (unpaired) electrons. The van der Waals surface area contributed by atoms with Crippen molar-refractivity contribution in [3.63, 3.8) is 0 Å². The number of nitrogens with one attached hydrogen (secondary N) is 1. The van der Waals surface area contributed by atoms with Gasteiger partial charge in [-0.05, 0) is 69.0 Å². The monoisotopic (exact) mass is 446 g/mol. The van der Waals surface area contributed by atoms with Gasteiger partial charge < -0.3 is 14.8 Å². The fraction of sp³-hybridized carbons (Fsp3) is 0.435. The molecule has 7 nitrogen and oxygen atoms in total. The van der Waals surface area contributed by atoms with Crippen LogP contribution >= 0.6 is 0 Å². The molecule has 2 aromatic rings. The fourth-order valence-electron chi connectivity index (χ4n) is 3.58. The van der Waals surface area contributed by atoms with E-state index in [-0.39, 0.29) is 17.3 Å². The van der Waals surface area contributed by atoms with Gasteiger partial charge in [0.2, 0.25) is 10.0 Å². The van der Waals surface area contributed by atoms with E-state index < -0.39 is 10.0 Å². The average molecular weight is 447 g/mol. The van der Waals surface area contributed by atoms with Crippen molar-refractivity contribution < 1.29 is 22.7 Å². The minimum atomic E-state index is -3.59. The number of ether oxygens (including phenoxy) is 2. The summed E-state index contributed by atoms with van der Waals surface area (Å²) in [6, 6.07) is 10.3. The molecule has 0 bridgehead atoms. The second-order valence-corrected chi connectivity index (χ2v) is 9.33. The SMILES string of the molecule is CCOc1ccc(CNC(=O)c2ccc(C)c(S(=O)(=O)N3CCCC3)c2)cc1OCC. The normalized spacial score (nSPS) is 14.4. The van der Waals surface area contributed by atoms with Crippen molar-refractivity contribution in [3.8, 4) is 11.5 Å². The molecule has 168 valence electrons. The summed E-state index contributed by atoms with van der Waals surface area (Å²) in [7, 11) is -3.59. The van der Waals surface area contributed by atoms with Crippen LogP contribution in [0.1, 0.15) is 48.2 Å². The predicted molar refractivity (Wildman–Crippen MR) is 119 cm³/mol. The van der Waals surface area contributed by atoms with Crippen LogP contribution in [0.2, 0.25) is 0 Å². The zero-order valence-corrected chi connectivity index (χ0v) is 19.1. The van der Waals surface area contributed by atoms with Gasteiger partial charge in [-0.25, -0.2) is 8.42 Å². The maximum absolute atomic E-state index is 13.0. The van der Waals surface area contributed by atoms with Crippen molar-refractivity contribution in [2.24, 2.45) is 0 Å². The first-order chi connectivity index (χ1) is 14.9. The molecule has 3 rings (SSSR count). The summed E-state index contributed by atoms with van der Waals surface area (Å²) in [6.07, 6.45) is 1.73. The van der Waals surface area contributed by atoms with Crippen LogP contribution in [-0.4, -0.2) is 44.9 Å². The summed E-state index contributed by atoms with van der Waals surface area (Å²) in [4.78, 5) is 12.9. The van der Waals surface area contributed by atoms with Gasteiger partial charge in [0.25, 0.3) is 5.91 Å². The Morgan fingerprint density at radius 1 is 1.00 bits per heavy atom. The molecule has 1 amide bonds. The summed E-state index contributed by atoms with van der Waals surface area (Å²) in [5.41, 5.74) is 1.81. The predicted octanol–water partition coefficient (Wildman–Crippen LogP) is 3.51. The van der Waals surface area contributed by atoms with Gasteiger partial charge in [0, 0.05) is 25.2 Å². The van der Waals surface area contributed by atoms with Gasteiger partial charge >= 0.3 is 0 Å². The van der Waals surface area contributed by atoms with Crippen molar-refractivity contribution in [1.82, 2.24) is 9.62 Å². The largest absolute Gasteiger partial charge is 0.490 e. The van der Waals surface area contributed by atoms with E-state index in [0.29, 0.717) is 48.9 Å². The van der Waals surface area contributed by atoms with Gasteiger partial charge in [0.05, 0.1) is 18.1 Å². The van der Waals surface area contributed by atoms with Crippen molar-refractivity contribution in [2.45, 2.75) is 45.1 Å². The molecule has 1 heterocycles. The van der Waals surface area contributed by atoms with E-state index >= 15 is 0 Å². The Morgan fingerprint density at radius 3 is 2.35 bits per heavy atom. The molecule has 0 aliphatic carbocycles. The van der Waals surface area contributed by atoms with Gasteiger partial charge in [0.1, 0.15) is 0 Å². The standard InChI is InChI=1S/C23H30N2O5S/c1-4-29-20-11-9-18(14-21(20)30-5-2)16-24-23(26)19-10-8-17(3)22(15-19)31(27,28)25-12-6-7-13-25/h8-11,14-15H,4-7,12-13,16H2,1-3H3,(H,24,26). The van der Waals surface area contributed by atoms with Crippen LogP contribution in [0.25, 0.3) is 0 Å². The molecule has 8 heteroatoms. The van der Waals surface area contributed by atoms with Crippen molar-refractivity contribution in [3.05, 3.63) is 53.1 Å². The van der Waals surface area contributed by atoms with Crippen LogP contribution in [0, 0.1) is 6.92 Å². The molecule has 0 atom stereocenters. The smallest absolute Gasteiger partial charge is 0.251 e. The highest BCUT2D eigenvalue weighted by atomic mass is 32.2. The Labute approximate surface area is 184 Å². The van der Waals surface area contributed by atoms with Gasteiger partial charge in [-0.2, -0.15) is 4.31 Å². The lowest BCUT2D eigenvalue weighted by Crippen LogP contribution is -2.29. The molecular formula is C23H30N2O5S. The minimum Gasteiger partial charge on any atom is -0.490 e. The number of benzene rings is 2. The second-order valence-electron chi connectivity index (χ2n) is 7.42. The lowest BCUT2D eigenvalue weighted by molar-refractivity contribution is 0.0950. The number of aryl methyl sites for hydroxylation is 1. The van der Waals surface area contributed by atoms with Gasteiger partial charge in [-0.1, -0.05) is 12.1 Å². The Morgan fingerprint density at radius 2 is 1.68 bits per heavy atom. The molecule has 1 aliphatic heterocycles. The quantitative estimate of drug-likeness (QED) is 0.637. The summed E-state index contributed by atoms with van der Waals surface area (Å²) in [5.74, 6) is 0.963. The Hall–Kier alpha value is -2.58. The zero-order chi connectivity index (χ0) is 22.4. The topological polar surface area (TPSA) is 84.9 Å². The van der Waals surface area contributed by atoms with E-state index in [0.717, 1.165) is 18.4 Å². The summed E-state index contributed by atoms with van der Waals surface area (Å²) in [5, 5.41) is 2.86. The van der Waals surface area contributed by atoms with Crippen LogP contribution in [0.15, 0.2) is 41.3 Å². The first kappa shape index (κ1) is 23.1. The molecule has 1 aliphatic rings. The highest BCUT2D eigenvalue weighted by molar-refractivity contribution is 7.89. The number of hydrogen-bond donors (Lipinski definition) is 1. The molecule has 1 fully saturated rings. The van der Waals surface area contributed by atoms with Gasteiger partial charge in [-0.15, -0.1) is 0 Å². The zero-order valence-electron chi connectivity index (χ0n) is 18.3. The number of amides is 1. The summed E-state index contributed by atoms with van der Waals surface area (Å²) < 4.78 is 38.6. The van der Waals surface area contributed by atoms with Crippen LogP contribution in [0.4, 0.5) is 0 Å². The molecule has 0 aromatic heterocycles. The highest BCUT2D eigenvalue weighted by Gasteiger charge is 2.29. The van der Waals surface area contributed by atoms with E-state index in [4.69, 9.17) is 9.47 Å². The lowest BCUT2D eigenvalue weighted by Gasteiger charge is -2.18. The van der Waals surface area contributed by atoms with Crippen molar-refractivity contribution in [2.75, 3.05) is 26.3 Å². The third-order valence-corrected chi connectivity index (χ3v) is 7.23. The molecule has 2 aromatic carbocycles. The average Bonchev–Trinajstić information content (AvgIpc) is 3.30. The molecular weight excluding hydrogens is 416 g/mol. The number of carbonyl (C=O) groups excluding carboxylic acids is 1. The van der Waals surface area contributed by atoms with Crippen LogP contribution in [0.5, 0.6) is 11.5 Å². The maximum Gasteiger partial charge on any atom is 0.251 e. The molecule has 0 spiro atoms. The highest BCUT2D eigenvalue weighted by Crippen LogP contribution is 2.29. The van der Waals surface area contributed by atoms with Gasteiger partial charge in [0.15, 0.2) is 11.5 Å². The fourth-order valence-corrected chi connectivity index (χ4v) is 5.34. The minimum absolute atomic E-state index is 0.196. The number of nitrogens with zero attached hydrogens (tertiary/aromatic N) is 1. The van der Waals surface area contributed by atoms with E-state index in [1.165, 1.54) is 10.4 Å². The third-order valence-electron chi connectivity index (χ3n) is 5.19. The van der Waals surface area contributed by atoms with Crippen molar-refractivity contribution in [1.29, 1.82) is 0 Å². The molecule has 0 unspecified atom stereocenters. The van der Waals surface area contributed by atoms with Crippen LogP contribution in [-0.2, 0) is 16.6 Å². The number of hydrogen-bond acceptors (Lipinski definition) is 5. The first-order valence-corrected chi connectivity index (χ1v) is 12.1. The number of sulfonamides is 1. The lowest BCUT2D eigenvalue weighted by atomic mass is 10.1. The van der Waals surface area contributed by atoms with E-state index in [1.807, 2.05) is 32.0 Å². The van der Waals surface area contributed by atoms with Crippen molar-refractivity contribution >= 4 is 15.9 Å². The molecule has 0 saturated carbocycles. The molecule has 1 N–H and O–H groups in total. The summed E-state index contributed by atoms with van der Waals surface area (Å²) >= 11 is 0. The Balaban J connectivity index is 1.75. The Kier molecular flexibility index (Phi) is 7.56. The first-order valence-electron chi connectivity index (χ1n) is 10.6. The number of rotatable bonds is 9. The molecule has 1 saturated heterocycles. The van der Waals surface area contributed by atoms with E-state index in [9.17, 15) is 13.2 Å². The van der Waals surface area contributed by atoms with Gasteiger partial charge in [-0.3, -0.25) is 4.79 Å². The van der Waals surface area contributed by atoms with E-state index in [1.54, 1.807) is 19.1 Å². The maximum atomic E-state index is 13.0. The third kappa shape index (κ3) is 5.37. The summed E-state index contributed by atoms with van der Waals surface area (Å²) in [6.45, 7) is 7.93. The van der Waals surface area contributed by atoms with E-state index in [2.05, 4.69) is 5.32 Å². The van der Waals surface area contributed by atoms with Crippen LogP contribution < -0.4 is 14.8 Å².